The molecule has 0 saturated heterocycles. The fraction of sp³-hybridized carbons (Fsp3) is 0.115. The molecule has 35 heavy (non-hydrogen) atoms. The monoisotopic (exact) mass is 499 g/mol. The van der Waals surface area contributed by atoms with Gasteiger partial charge in [0.15, 0.2) is 5.17 Å². The normalized spacial score (nSPS) is 16.7. The van der Waals surface area contributed by atoms with Crippen LogP contribution in [-0.4, -0.2) is 37.2 Å². The highest BCUT2D eigenvalue weighted by atomic mass is 35.5. The van der Waals surface area contributed by atoms with Crippen LogP contribution in [0.1, 0.15) is 16.8 Å². The number of halogens is 1. The Labute approximate surface area is 209 Å². The van der Waals surface area contributed by atoms with Crippen LogP contribution in [0.3, 0.4) is 0 Å². The van der Waals surface area contributed by atoms with Gasteiger partial charge in [0.25, 0.3) is 11.5 Å². The molecule has 2 aromatic carbocycles. The summed E-state index contributed by atoms with van der Waals surface area (Å²) in [6, 6.07) is 22.0. The summed E-state index contributed by atoms with van der Waals surface area (Å²) in [7, 11) is 0. The summed E-state index contributed by atoms with van der Waals surface area (Å²) in [4.78, 5) is 41.5. The van der Waals surface area contributed by atoms with Crippen molar-refractivity contribution in [3.8, 4) is 0 Å². The topological polar surface area (TPSA) is 79.4 Å². The molecule has 0 saturated carbocycles. The number of rotatable bonds is 4. The van der Waals surface area contributed by atoms with Gasteiger partial charge in [0.05, 0.1) is 16.4 Å². The molecule has 4 heterocycles. The van der Waals surface area contributed by atoms with Crippen molar-refractivity contribution in [2.24, 2.45) is 9.98 Å². The zero-order valence-electron chi connectivity index (χ0n) is 18.3. The maximum atomic E-state index is 13.0. The number of carbonyl (C=O) groups excluding carboxylic acids is 1. The van der Waals surface area contributed by atoms with E-state index in [1.54, 1.807) is 18.3 Å². The third kappa shape index (κ3) is 4.05. The summed E-state index contributed by atoms with van der Waals surface area (Å²) < 4.78 is 1.42. The van der Waals surface area contributed by atoms with E-state index in [-0.39, 0.29) is 11.5 Å². The molecule has 0 spiro atoms. The zero-order valence-corrected chi connectivity index (χ0v) is 19.9. The number of para-hydroxylation sites is 1. The lowest BCUT2D eigenvalue weighted by atomic mass is 10.0. The number of fused-ring (bicyclic) bond motifs is 4. The maximum absolute atomic E-state index is 13.0. The smallest absolute Gasteiger partial charge is 0.271 e. The summed E-state index contributed by atoms with van der Waals surface area (Å²) in [5.74, 6) is 0.837. The largest absolute Gasteiger partial charge is 0.292 e. The number of nitrogens with zero attached hydrogens (tertiary/aromatic N) is 5. The third-order valence-electron chi connectivity index (χ3n) is 5.91. The van der Waals surface area contributed by atoms with E-state index >= 15 is 0 Å². The van der Waals surface area contributed by atoms with Crippen LogP contribution in [0.25, 0.3) is 5.65 Å². The van der Waals surface area contributed by atoms with Crippen LogP contribution >= 0.6 is 23.4 Å². The van der Waals surface area contributed by atoms with Crippen molar-refractivity contribution in [3.05, 3.63) is 111 Å². The van der Waals surface area contributed by atoms with Crippen LogP contribution < -0.4 is 5.56 Å². The Bertz CT molecular complexity index is 1600. The van der Waals surface area contributed by atoms with Gasteiger partial charge in [0.2, 0.25) is 0 Å². The van der Waals surface area contributed by atoms with Gasteiger partial charge in [-0.3, -0.25) is 18.9 Å². The molecule has 2 aliphatic rings. The molecule has 172 valence electrons. The molecule has 1 unspecified atom stereocenters. The van der Waals surface area contributed by atoms with E-state index in [9.17, 15) is 9.59 Å². The standard InChI is InChI=1S/C26H18ClN5O2S/c27-17-10-11-22-28-18(13-23(33)31(22)14-17)15-35-26-29-20-9-5-4-8-19(20)24-30-25(34)21(32(24)26)12-16-6-2-1-3-7-16/h1-11,13-14,21H,12,15H2. The minimum absolute atomic E-state index is 0.187. The molecule has 1 atom stereocenters. The first-order chi connectivity index (χ1) is 17.1. The highest BCUT2D eigenvalue weighted by Crippen LogP contribution is 2.35. The fourth-order valence-electron chi connectivity index (χ4n) is 4.28. The second-order valence-corrected chi connectivity index (χ2v) is 9.59. The fourth-order valence-corrected chi connectivity index (χ4v) is 5.38. The number of carbonyl (C=O) groups is 1. The SMILES string of the molecule is O=C1N=C2c3ccccc3N=C(SCc3cc(=O)n4cc(Cl)ccc4n3)N2C1Cc1ccccc1. The van der Waals surface area contributed by atoms with Gasteiger partial charge in [-0.05, 0) is 29.8 Å². The Hall–Kier alpha value is -3.75. The van der Waals surface area contributed by atoms with Crippen LogP contribution in [0.15, 0.2) is 93.8 Å². The van der Waals surface area contributed by atoms with Crippen molar-refractivity contribution in [1.82, 2.24) is 14.3 Å². The maximum Gasteiger partial charge on any atom is 0.271 e. The van der Waals surface area contributed by atoms with Crippen LogP contribution in [0.4, 0.5) is 5.69 Å². The van der Waals surface area contributed by atoms with Gasteiger partial charge in [-0.1, -0.05) is 65.8 Å². The van der Waals surface area contributed by atoms with E-state index in [1.807, 2.05) is 59.5 Å². The molecule has 6 rings (SSSR count). The molecule has 0 aliphatic carbocycles. The Balaban J connectivity index is 1.35. The molecule has 2 aliphatic heterocycles. The molecule has 2 aromatic heterocycles. The molecule has 0 radical (unpaired) electrons. The molecular formula is C26H18ClN5O2S. The van der Waals surface area contributed by atoms with Crippen molar-refractivity contribution in [2.75, 3.05) is 0 Å². The Morgan fingerprint density at radius 3 is 2.60 bits per heavy atom. The van der Waals surface area contributed by atoms with Crippen molar-refractivity contribution in [1.29, 1.82) is 0 Å². The highest BCUT2D eigenvalue weighted by Gasteiger charge is 2.41. The van der Waals surface area contributed by atoms with Gasteiger partial charge in [0.1, 0.15) is 17.5 Å². The molecule has 0 N–H and O–H groups in total. The first-order valence-electron chi connectivity index (χ1n) is 11.0. The van der Waals surface area contributed by atoms with Crippen molar-refractivity contribution in [2.45, 2.75) is 18.2 Å². The molecule has 0 fully saturated rings. The minimum Gasteiger partial charge on any atom is -0.292 e. The molecule has 0 bridgehead atoms. The molecule has 1 amide bonds. The number of amidine groups is 2. The molecule has 7 nitrogen and oxygen atoms in total. The number of hydrogen-bond donors (Lipinski definition) is 0. The van der Waals surface area contributed by atoms with Gasteiger partial charge in [0, 0.05) is 30.0 Å². The van der Waals surface area contributed by atoms with E-state index in [1.165, 1.54) is 22.2 Å². The number of hydrogen-bond acceptors (Lipinski definition) is 6. The van der Waals surface area contributed by atoms with Gasteiger partial charge in [-0.25, -0.2) is 9.98 Å². The Morgan fingerprint density at radius 2 is 1.74 bits per heavy atom. The summed E-state index contributed by atoms with van der Waals surface area (Å²) in [5, 5.41) is 1.13. The average molecular weight is 500 g/mol. The van der Waals surface area contributed by atoms with E-state index in [2.05, 4.69) is 9.98 Å². The zero-order chi connectivity index (χ0) is 23.9. The van der Waals surface area contributed by atoms with E-state index < -0.39 is 6.04 Å². The first kappa shape index (κ1) is 21.8. The lowest BCUT2D eigenvalue weighted by Gasteiger charge is -2.31. The van der Waals surface area contributed by atoms with E-state index in [0.29, 0.717) is 39.5 Å². The van der Waals surface area contributed by atoms with Crippen LogP contribution in [0.5, 0.6) is 0 Å². The number of thioether (sulfide) groups is 1. The summed E-state index contributed by atoms with van der Waals surface area (Å²) in [5.41, 5.74) is 3.58. The summed E-state index contributed by atoms with van der Waals surface area (Å²) in [6.07, 6.45) is 2.07. The van der Waals surface area contributed by atoms with Gasteiger partial charge in [-0.15, -0.1) is 0 Å². The van der Waals surface area contributed by atoms with Crippen molar-refractivity contribution in [3.63, 3.8) is 0 Å². The number of aliphatic imine (C=N–C) groups is 2. The van der Waals surface area contributed by atoms with Gasteiger partial charge in [-0.2, -0.15) is 4.99 Å². The second kappa shape index (κ2) is 8.79. The number of amides is 1. The van der Waals surface area contributed by atoms with Crippen LogP contribution in [0.2, 0.25) is 5.02 Å². The quantitative estimate of drug-likeness (QED) is 0.413. The Morgan fingerprint density at radius 1 is 0.943 bits per heavy atom. The van der Waals surface area contributed by atoms with E-state index in [4.69, 9.17) is 16.6 Å². The Kier molecular flexibility index (Phi) is 5.47. The minimum atomic E-state index is -0.482. The lowest BCUT2D eigenvalue weighted by Crippen LogP contribution is -2.44. The van der Waals surface area contributed by atoms with E-state index in [0.717, 1.165) is 16.8 Å². The summed E-state index contributed by atoms with van der Waals surface area (Å²) >= 11 is 7.45. The number of pyridine rings is 1. The van der Waals surface area contributed by atoms with Gasteiger partial charge >= 0.3 is 0 Å². The number of benzene rings is 2. The van der Waals surface area contributed by atoms with Crippen molar-refractivity contribution >= 4 is 51.6 Å². The molecule has 9 heteroatoms. The highest BCUT2D eigenvalue weighted by molar-refractivity contribution is 8.13. The first-order valence-corrected chi connectivity index (χ1v) is 12.4. The van der Waals surface area contributed by atoms with Crippen LogP contribution in [-0.2, 0) is 17.0 Å². The lowest BCUT2D eigenvalue weighted by molar-refractivity contribution is -0.119. The van der Waals surface area contributed by atoms with Crippen molar-refractivity contribution < 1.29 is 4.79 Å². The second-order valence-electron chi connectivity index (χ2n) is 8.21. The molecular weight excluding hydrogens is 482 g/mol. The summed E-state index contributed by atoms with van der Waals surface area (Å²) in [6.45, 7) is 0. The molecule has 4 aromatic rings. The number of aromatic nitrogens is 2. The van der Waals surface area contributed by atoms with Gasteiger partial charge < -0.3 is 0 Å². The predicted octanol–water partition coefficient (Wildman–Crippen LogP) is 4.48. The average Bonchev–Trinajstić information content (AvgIpc) is 3.20. The third-order valence-corrected chi connectivity index (χ3v) is 7.12. The van der Waals surface area contributed by atoms with Crippen LogP contribution in [0, 0.1) is 0 Å². The predicted molar refractivity (Wildman–Crippen MR) is 139 cm³/mol.